The Bertz CT molecular complexity index is 347. The molecular formula is C12H16O3. The molecule has 0 fully saturated rings. The third kappa shape index (κ3) is 2.50. The monoisotopic (exact) mass is 208 g/mol. The summed E-state index contributed by atoms with van der Waals surface area (Å²) in [5.74, 6) is 0.375. The fraction of sp³-hybridized carbons (Fsp3) is 0.333. The predicted molar refractivity (Wildman–Crippen MR) is 59.0 cm³/mol. The SMILES string of the molecule is C=C[C@@H](C)[C@@H](O)c1ccc(OC)c(O)c1. The molecule has 1 aromatic carbocycles. The number of ether oxygens (including phenoxy) is 1. The number of hydrogen-bond acceptors (Lipinski definition) is 3. The lowest BCUT2D eigenvalue weighted by molar-refractivity contribution is 0.139. The first-order valence-electron chi connectivity index (χ1n) is 4.77. The third-order valence-corrected chi connectivity index (χ3v) is 2.41. The predicted octanol–water partition coefficient (Wildman–Crippen LogP) is 2.26. The zero-order chi connectivity index (χ0) is 11.4. The maximum Gasteiger partial charge on any atom is 0.160 e. The second-order valence-electron chi connectivity index (χ2n) is 3.47. The van der Waals surface area contributed by atoms with E-state index in [0.717, 1.165) is 0 Å². The highest BCUT2D eigenvalue weighted by Gasteiger charge is 2.15. The molecule has 15 heavy (non-hydrogen) atoms. The van der Waals surface area contributed by atoms with Gasteiger partial charge < -0.3 is 14.9 Å². The Morgan fingerprint density at radius 1 is 1.47 bits per heavy atom. The minimum Gasteiger partial charge on any atom is -0.504 e. The van der Waals surface area contributed by atoms with Crippen LogP contribution >= 0.6 is 0 Å². The minimum atomic E-state index is -0.653. The molecule has 0 aromatic heterocycles. The highest BCUT2D eigenvalue weighted by Crippen LogP contribution is 2.31. The van der Waals surface area contributed by atoms with Gasteiger partial charge in [-0.2, -0.15) is 0 Å². The Balaban J connectivity index is 2.96. The van der Waals surface area contributed by atoms with Gasteiger partial charge in [-0.1, -0.05) is 19.1 Å². The Hall–Kier alpha value is -1.48. The van der Waals surface area contributed by atoms with Crippen molar-refractivity contribution in [3.63, 3.8) is 0 Å². The van der Waals surface area contributed by atoms with Crippen molar-refractivity contribution in [2.45, 2.75) is 13.0 Å². The summed E-state index contributed by atoms with van der Waals surface area (Å²) in [6, 6.07) is 4.86. The molecule has 0 saturated heterocycles. The van der Waals surface area contributed by atoms with Crippen LogP contribution in [0.1, 0.15) is 18.6 Å². The number of methoxy groups -OCH3 is 1. The van der Waals surface area contributed by atoms with E-state index in [1.165, 1.54) is 13.2 Å². The molecule has 82 valence electrons. The summed E-state index contributed by atoms with van der Waals surface area (Å²) in [6.07, 6.45) is 1.02. The lowest BCUT2D eigenvalue weighted by atomic mass is 9.97. The highest BCUT2D eigenvalue weighted by atomic mass is 16.5. The van der Waals surface area contributed by atoms with E-state index in [4.69, 9.17) is 4.74 Å². The van der Waals surface area contributed by atoms with Crippen molar-refractivity contribution < 1.29 is 14.9 Å². The van der Waals surface area contributed by atoms with Crippen LogP contribution in [0, 0.1) is 5.92 Å². The van der Waals surface area contributed by atoms with Gasteiger partial charge in [0.2, 0.25) is 0 Å². The van der Waals surface area contributed by atoms with E-state index in [2.05, 4.69) is 6.58 Å². The molecule has 3 heteroatoms. The van der Waals surface area contributed by atoms with Crippen LogP contribution in [-0.2, 0) is 0 Å². The zero-order valence-corrected chi connectivity index (χ0v) is 8.97. The standard InChI is InChI=1S/C12H16O3/c1-4-8(2)12(14)9-5-6-11(15-3)10(13)7-9/h4-8,12-14H,1H2,2-3H3/t8-,12-/m1/s1. The summed E-state index contributed by atoms with van der Waals surface area (Å²) in [7, 11) is 1.48. The van der Waals surface area contributed by atoms with Crippen LogP contribution in [0.5, 0.6) is 11.5 Å². The Morgan fingerprint density at radius 3 is 2.60 bits per heavy atom. The van der Waals surface area contributed by atoms with Crippen molar-refractivity contribution in [2.75, 3.05) is 7.11 Å². The first-order valence-corrected chi connectivity index (χ1v) is 4.77. The molecule has 2 N–H and O–H groups in total. The lowest BCUT2D eigenvalue weighted by Crippen LogP contribution is -2.06. The van der Waals surface area contributed by atoms with Gasteiger partial charge >= 0.3 is 0 Å². The smallest absolute Gasteiger partial charge is 0.160 e. The molecule has 0 aliphatic carbocycles. The summed E-state index contributed by atoms with van der Waals surface area (Å²) in [4.78, 5) is 0. The van der Waals surface area contributed by atoms with Crippen LogP contribution in [0.4, 0.5) is 0 Å². The van der Waals surface area contributed by atoms with Crippen LogP contribution in [0.15, 0.2) is 30.9 Å². The number of hydrogen-bond donors (Lipinski definition) is 2. The summed E-state index contributed by atoms with van der Waals surface area (Å²) in [5.41, 5.74) is 0.653. The molecule has 2 atom stereocenters. The van der Waals surface area contributed by atoms with Crippen LogP contribution < -0.4 is 4.74 Å². The molecule has 1 aromatic rings. The zero-order valence-electron chi connectivity index (χ0n) is 8.97. The topological polar surface area (TPSA) is 49.7 Å². The molecule has 3 nitrogen and oxygen atoms in total. The van der Waals surface area contributed by atoms with E-state index in [0.29, 0.717) is 11.3 Å². The largest absolute Gasteiger partial charge is 0.504 e. The molecule has 0 saturated carbocycles. The lowest BCUT2D eigenvalue weighted by Gasteiger charge is -2.16. The fourth-order valence-electron chi connectivity index (χ4n) is 1.32. The van der Waals surface area contributed by atoms with Crippen molar-refractivity contribution in [2.24, 2.45) is 5.92 Å². The molecule has 0 unspecified atom stereocenters. The Kier molecular flexibility index (Phi) is 3.74. The summed E-state index contributed by atoms with van der Waals surface area (Å²) in [6.45, 7) is 5.48. The number of rotatable bonds is 4. The fourth-order valence-corrected chi connectivity index (χ4v) is 1.32. The van der Waals surface area contributed by atoms with Gasteiger partial charge in [0.25, 0.3) is 0 Å². The van der Waals surface area contributed by atoms with Crippen molar-refractivity contribution in [1.29, 1.82) is 0 Å². The third-order valence-electron chi connectivity index (χ3n) is 2.41. The number of phenolic OH excluding ortho intramolecular Hbond substituents is 1. The highest BCUT2D eigenvalue weighted by molar-refractivity contribution is 5.42. The molecule has 0 aliphatic rings. The number of aromatic hydroxyl groups is 1. The summed E-state index contributed by atoms with van der Waals surface area (Å²) in [5, 5.41) is 19.4. The molecule has 0 amide bonds. The summed E-state index contributed by atoms with van der Waals surface area (Å²) < 4.78 is 4.91. The van der Waals surface area contributed by atoms with Gasteiger partial charge in [-0.3, -0.25) is 0 Å². The van der Waals surface area contributed by atoms with Crippen LogP contribution in [0.2, 0.25) is 0 Å². The van der Waals surface area contributed by atoms with Crippen LogP contribution in [-0.4, -0.2) is 17.3 Å². The van der Waals surface area contributed by atoms with Gasteiger partial charge in [-0.25, -0.2) is 0 Å². The van der Waals surface area contributed by atoms with Crippen molar-refractivity contribution >= 4 is 0 Å². The normalized spacial score (nSPS) is 14.3. The van der Waals surface area contributed by atoms with Crippen molar-refractivity contribution in [3.8, 4) is 11.5 Å². The van der Waals surface area contributed by atoms with Gasteiger partial charge in [-0.15, -0.1) is 6.58 Å². The van der Waals surface area contributed by atoms with Crippen molar-refractivity contribution in [3.05, 3.63) is 36.4 Å². The first kappa shape index (κ1) is 11.6. The van der Waals surface area contributed by atoms with Gasteiger partial charge in [-0.05, 0) is 17.7 Å². The number of phenols is 1. The minimum absolute atomic E-state index is 0.0327. The average Bonchev–Trinajstić information content (AvgIpc) is 2.26. The molecule has 0 radical (unpaired) electrons. The number of benzene rings is 1. The Morgan fingerprint density at radius 2 is 2.13 bits per heavy atom. The second kappa shape index (κ2) is 4.84. The molecule has 1 rings (SSSR count). The van der Waals surface area contributed by atoms with Gasteiger partial charge in [0.05, 0.1) is 13.2 Å². The molecule has 0 heterocycles. The molecule has 0 bridgehead atoms. The first-order chi connectivity index (χ1) is 7.10. The van der Waals surface area contributed by atoms with Gasteiger partial charge in [0, 0.05) is 5.92 Å². The van der Waals surface area contributed by atoms with Gasteiger partial charge in [0.15, 0.2) is 11.5 Å². The number of aliphatic hydroxyl groups is 1. The van der Waals surface area contributed by atoms with E-state index >= 15 is 0 Å². The van der Waals surface area contributed by atoms with E-state index in [1.807, 2.05) is 6.92 Å². The maximum atomic E-state index is 9.85. The van der Waals surface area contributed by atoms with E-state index < -0.39 is 6.10 Å². The second-order valence-corrected chi connectivity index (χ2v) is 3.47. The Labute approximate surface area is 89.6 Å². The molecular weight excluding hydrogens is 192 g/mol. The van der Waals surface area contributed by atoms with E-state index in [-0.39, 0.29) is 11.7 Å². The van der Waals surface area contributed by atoms with Crippen molar-refractivity contribution in [1.82, 2.24) is 0 Å². The van der Waals surface area contributed by atoms with Crippen LogP contribution in [0.25, 0.3) is 0 Å². The molecule has 0 aliphatic heterocycles. The average molecular weight is 208 g/mol. The number of aliphatic hydroxyl groups excluding tert-OH is 1. The maximum absolute atomic E-state index is 9.85. The van der Waals surface area contributed by atoms with E-state index in [9.17, 15) is 10.2 Å². The van der Waals surface area contributed by atoms with E-state index in [1.54, 1.807) is 18.2 Å². The van der Waals surface area contributed by atoms with Gasteiger partial charge in [0.1, 0.15) is 0 Å². The van der Waals surface area contributed by atoms with Crippen LogP contribution in [0.3, 0.4) is 0 Å². The summed E-state index contributed by atoms with van der Waals surface area (Å²) >= 11 is 0. The quantitative estimate of drug-likeness (QED) is 0.746. The molecule has 0 spiro atoms.